The van der Waals surface area contributed by atoms with E-state index in [0.29, 0.717) is 17.8 Å². The van der Waals surface area contributed by atoms with Crippen molar-refractivity contribution < 1.29 is 9.59 Å². The molecule has 2 heterocycles. The van der Waals surface area contributed by atoms with Crippen molar-refractivity contribution in [1.29, 1.82) is 0 Å². The van der Waals surface area contributed by atoms with Crippen LogP contribution in [0.1, 0.15) is 15.9 Å². The number of hydrogen-bond acceptors (Lipinski definition) is 3. The van der Waals surface area contributed by atoms with E-state index in [0.717, 1.165) is 11.3 Å². The highest BCUT2D eigenvalue weighted by molar-refractivity contribution is 6.06. The summed E-state index contributed by atoms with van der Waals surface area (Å²) in [4.78, 5) is 27.3. The van der Waals surface area contributed by atoms with Gasteiger partial charge in [0.1, 0.15) is 5.82 Å². The molecule has 19 heavy (non-hydrogen) atoms. The molecule has 2 N–H and O–H groups in total. The molecule has 0 bridgehead atoms. The maximum absolute atomic E-state index is 12.0. The van der Waals surface area contributed by atoms with Crippen LogP contribution in [0.5, 0.6) is 0 Å². The van der Waals surface area contributed by atoms with Gasteiger partial charge < -0.3 is 10.6 Å². The molecule has 5 nitrogen and oxygen atoms in total. The molecule has 0 saturated heterocycles. The van der Waals surface area contributed by atoms with Crippen LogP contribution < -0.4 is 10.6 Å². The number of fused-ring (bicyclic) bond motifs is 1. The van der Waals surface area contributed by atoms with Crippen molar-refractivity contribution in [1.82, 2.24) is 4.98 Å². The van der Waals surface area contributed by atoms with E-state index in [-0.39, 0.29) is 11.8 Å². The van der Waals surface area contributed by atoms with Gasteiger partial charge in [0.05, 0.1) is 6.42 Å². The van der Waals surface area contributed by atoms with Crippen molar-refractivity contribution in [3.63, 3.8) is 0 Å². The monoisotopic (exact) mass is 253 g/mol. The molecule has 1 aliphatic rings. The van der Waals surface area contributed by atoms with E-state index in [1.165, 1.54) is 0 Å². The maximum Gasteiger partial charge on any atom is 0.256 e. The van der Waals surface area contributed by atoms with Crippen molar-refractivity contribution in [2.45, 2.75) is 6.42 Å². The Hall–Kier alpha value is -2.69. The van der Waals surface area contributed by atoms with Crippen LogP contribution in [0.4, 0.5) is 11.5 Å². The molecule has 1 aliphatic heterocycles. The first-order valence-corrected chi connectivity index (χ1v) is 5.87. The van der Waals surface area contributed by atoms with Gasteiger partial charge in [-0.25, -0.2) is 4.98 Å². The molecular formula is C14H11N3O2. The van der Waals surface area contributed by atoms with Crippen molar-refractivity contribution >= 4 is 23.3 Å². The van der Waals surface area contributed by atoms with Gasteiger partial charge in [-0.15, -0.1) is 0 Å². The predicted octanol–water partition coefficient (Wildman–Crippen LogP) is 1.83. The number of carbonyl (C=O) groups is 2. The van der Waals surface area contributed by atoms with E-state index in [9.17, 15) is 9.59 Å². The fourth-order valence-corrected chi connectivity index (χ4v) is 2.00. The van der Waals surface area contributed by atoms with Crippen LogP contribution in [0, 0.1) is 0 Å². The summed E-state index contributed by atoms with van der Waals surface area (Å²) in [6.07, 6.45) is 1.93. The first kappa shape index (κ1) is 11.4. The largest absolute Gasteiger partial charge is 0.326 e. The van der Waals surface area contributed by atoms with Crippen molar-refractivity contribution in [2.24, 2.45) is 0 Å². The Labute approximate surface area is 109 Å². The average Bonchev–Trinajstić information content (AvgIpc) is 2.78. The van der Waals surface area contributed by atoms with Gasteiger partial charge >= 0.3 is 0 Å². The number of benzene rings is 1. The molecule has 1 aromatic heterocycles. The number of nitrogens with one attached hydrogen (secondary N) is 2. The molecule has 0 spiro atoms. The van der Waals surface area contributed by atoms with E-state index in [2.05, 4.69) is 15.6 Å². The van der Waals surface area contributed by atoms with Gasteiger partial charge in [0.25, 0.3) is 5.91 Å². The van der Waals surface area contributed by atoms with E-state index in [1.54, 1.807) is 42.6 Å². The number of amides is 2. The molecule has 0 saturated carbocycles. The second kappa shape index (κ2) is 4.53. The van der Waals surface area contributed by atoms with E-state index in [1.807, 2.05) is 0 Å². The lowest BCUT2D eigenvalue weighted by molar-refractivity contribution is -0.115. The van der Waals surface area contributed by atoms with E-state index < -0.39 is 0 Å². The first-order chi connectivity index (χ1) is 9.22. The Morgan fingerprint density at radius 3 is 2.95 bits per heavy atom. The topological polar surface area (TPSA) is 71.1 Å². The quantitative estimate of drug-likeness (QED) is 0.857. The van der Waals surface area contributed by atoms with Gasteiger partial charge in [-0.1, -0.05) is 6.07 Å². The minimum absolute atomic E-state index is 0.0442. The summed E-state index contributed by atoms with van der Waals surface area (Å²) in [5, 5.41) is 5.44. The van der Waals surface area contributed by atoms with Crippen LogP contribution in [-0.2, 0) is 11.2 Å². The summed E-state index contributed by atoms with van der Waals surface area (Å²) in [6, 6.07) is 10.5. The van der Waals surface area contributed by atoms with Crippen LogP contribution in [-0.4, -0.2) is 16.8 Å². The molecule has 0 fully saturated rings. The van der Waals surface area contributed by atoms with Gasteiger partial charge in [-0.3, -0.25) is 9.59 Å². The smallest absolute Gasteiger partial charge is 0.256 e. The zero-order valence-electron chi connectivity index (χ0n) is 10.0. The average molecular weight is 253 g/mol. The van der Waals surface area contributed by atoms with Crippen molar-refractivity contribution in [2.75, 3.05) is 10.6 Å². The molecule has 1 aromatic carbocycles. The summed E-state index contributed by atoms with van der Waals surface area (Å²) >= 11 is 0. The highest BCUT2D eigenvalue weighted by atomic mass is 16.2. The zero-order chi connectivity index (χ0) is 13.2. The summed E-state index contributed by atoms with van der Waals surface area (Å²) in [7, 11) is 0. The maximum atomic E-state index is 12.0. The molecule has 2 amide bonds. The van der Waals surface area contributed by atoms with Crippen molar-refractivity contribution in [3.8, 4) is 0 Å². The van der Waals surface area contributed by atoms with Gasteiger partial charge in [0.2, 0.25) is 5.91 Å². The predicted molar refractivity (Wildman–Crippen MR) is 71.0 cm³/mol. The number of anilines is 2. The Morgan fingerprint density at radius 2 is 2.16 bits per heavy atom. The number of hydrogen-bond donors (Lipinski definition) is 2. The second-order valence-corrected chi connectivity index (χ2v) is 4.27. The third-order valence-electron chi connectivity index (χ3n) is 2.90. The van der Waals surface area contributed by atoms with Gasteiger partial charge in [-0.05, 0) is 35.9 Å². The fourth-order valence-electron chi connectivity index (χ4n) is 2.00. The number of nitrogens with zero attached hydrogens (tertiary/aromatic N) is 1. The minimum Gasteiger partial charge on any atom is -0.326 e. The van der Waals surface area contributed by atoms with Gasteiger partial charge in [0, 0.05) is 17.4 Å². The molecule has 0 unspecified atom stereocenters. The van der Waals surface area contributed by atoms with Gasteiger partial charge in [-0.2, -0.15) is 0 Å². The second-order valence-electron chi connectivity index (χ2n) is 4.27. The molecule has 0 radical (unpaired) electrons. The molecule has 0 atom stereocenters. The van der Waals surface area contributed by atoms with Crippen LogP contribution in [0.25, 0.3) is 0 Å². The first-order valence-electron chi connectivity index (χ1n) is 5.87. The third kappa shape index (κ3) is 2.30. The Balaban J connectivity index is 1.82. The molecule has 2 aromatic rings. The minimum atomic E-state index is -0.235. The lowest BCUT2D eigenvalue weighted by Gasteiger charge is -2.05. The van der Waals surface area contributed by atoms with Crippen LogP contribution in [0.3, 0.4) is 0 Å². The van der Waals surface area contributed by atoms with Gasteiger partial charge in [0.15, 0.2) is 0 Å². The summed E-state index contributed by atoms with van der Waals surface area (Å²) in [5.74, 6) is 0.223. The Morgan fingerprint density at radius 1 is 1.26 bits per heavy atom. The number of pyridine rings is 1. The number of aromatic nitrogens is 1. The summed E-state index contributed by atoms with van der Waals surface area (Å²) < 4.78 is 0. The lowest BCUT2D eigenvalue weighted by atomic mass is 10.1. The molecule has 0 aliphatic carbocycles. The SMILES string of the molecule is O=C1Cc2cc(C(=O)Nc3ccccn3)ccc2N1. The number of carbonyl (C=O) groups excluding carboxylic acids is 2. The lowest BCUT2D eigenvalue weighted by Crippen LogP contribution is -2.12. The van der Waals surface area contributed by atoms with E-state index in [4.69, 9.17) is 0 Å². The Bertz CT molecular complexity index is 653. The fraction of sp³-hybridized carbons (Fsp3) is 0.0714. The third-order valence-corrected chi connectivity index (χ3v) is 2.90. The Kier molecular flexibility index (Phi) is 2.72. The summed E-state index contributed by atoms with van der Waals surface area (Å²) in [5.41, 5.74) is 2.14. The highest BCUT2D eigenvalue weighted by Gasteiger charge is 2.19. The standard InChI is InChI=1S/C14H11N3O2/c18-13-8-10-7-9(4-5-11(10)16-13)14(19)17-12-3-1-2-6-15-12/h1-7H,8H2,(H,16,18)(H,15,17,19). The number of rotatable bonds is 2. The van der Waals surface area contributed by atoms with E-state index >= 15 is 0 Å². The van der Waals surface area contributed by atoms with Crippen LogP contribution in [0.2, 0.25) is 0 Å². The van der Waals surface area contributed by atoms with Crippen LogP contribution >= 0.6 is 0 Å². The van der Waals surface area contributed by atoms with Crippen molar-refractivity contribution in [3.05, 3.63) is 53.7 Å². The molecule has 5 heteroatoms. The summed E-state index contributed by atoms with van der Waals surface area (Å²) in [6.45, 7) is 0. The molecule has 94 valence electrons. The molecule has 3 rings (SSSR count). The molecular weight excluding hydrogens is 242 g/mol. The van der Waals surface area contributed by atoms with Crippen LogP contribution in [0.15, 0.2) is 42.6 Å². The normalized spacial score (nSPS) is 12.7. The highest BCUT2D eigenvalue weighted by Crippen LogP contribution is 2.24. The zero-order valence-corrected chi connectivity index (χ0v) is 10.0.